The summed E-state index contributed by atoms with van der Waals surface area (Å²) in [5, 5.41) is 0.969. The maximum atomic E-state index is 13.2. The number of hydrogen-bond acceptors (Lipinski definition) is 4. The van der Waals surface area contributed by atoms with E-state index in [1.54, 1.807) is 0 Å². The van der Waals surface area contributed by atoms with Gasteiger partial charge in [0.05, 0.1) is 6.61 Å². The van der Waals surface area contributed by atoms with E-state index in [0.29, 0.717) is 44.8 Å². The number of aryl methyl sites for hydroxylation is 2. The third-order valence-electron chi connectivity index (χ3n) is 7.04. The van der Waals surface area contributed by atoms with Gasteiger partial charge in [-0.25, -0.2) is 0 Å². The predicted molar refractivity (Wildman–Crippen MR) is 159 cm³/mol. The number of benzene rings is 2. The molecule has 39 heavy (non-hydrogen) atoms. The number of para-hydroxylation sites is 1. The van der Waals surface area contributed by atoms with E-state index in [0.717, 1.165) is 60.9 Å². The van der Waals surface area contributed by atoms with E-state index in [4.69, 9.17) is 9.47 Å². The molecule has 0 aliphatic carbocycles. The van der Waals surface area contributed by atoms with Gasteiger partial charge in [-0.3, -0.25) is 9.59 Å². The highest BCUT2D eigenvalue weighted by atomic mass is 16.5. The molecule has 1 heterocycles. The first-order chi connectivity index (χ1) is 19.0. The van der Waals surface area contributed by atoms with Gasteiger partial charge in [-0.05, 0) is 81.4 Å². The fraction of sp³-hybridized carbons (Fsp3) is 0.529. The number of Topliss-reactive ketones (excluding diaryl/α,β-unsaturated/α-hetero) is 1. The minimum Gasteiger partial charge on any atom is -0.466 e. The number of aromatic nitrogens is 1. The molecule has 3 rings (SSSR count). The first-order valence-corrected chi connectivity index (χ1v) is 14.9. The first kappa shape index (κ1) is 30.6. The summed E-state index contributed by atoms with van der Waals surface area (Å²) in [5.41, 5.74) is 5.53. The number of carbonyl (C=O) groups excluding carboxylic acids is 2. The molecule has 1 N–H and O–H groups in total. The number of ketones is 1. The van der Waals surface area contributed by atoms with Gasteiger partial charge in [-0.15, -0.1) is 0 Å². The van der Waals surface area contributed by atoms with Crippen LogP contribution in [0, 0.1) is 5.92 Å². The Labute approximate surface area is 234 Å². The molecule has 212 valence electrons. The zero-order chi connectivity index (χ0) is 27.9. The average Bonchev–Trinajstić information content (AvgIpc) is 3.28. The van der Waals surface area contributed by atoms with Gasteiger partial charge in [0.15, 0.2) is 5.78 Å². The third kappa shape index (κ3) is 10.6. The summed E-state index contributed by atoms with van der Waals surface area (Å²) in [7, 11) is 0. The van der Waals surface area contributed by atoms with E-state index in [1.165, 1.54) is 24.0 Å². The summed E-state index contributed by atoms with van der Waals surface area (Å²) in [4.78, 5) is 28.3. The van der Waals surface area contributed by atoms with Crippen molar-refractivity contribution in [1.82, 2.24) is 4.98 Å². The van der Waals surface area contributed by atoms with Gasteiger partial charge in [-0.1, -0.05) is 62.7 Å². The van der Waals surface area contributed by atoms with Crippen molar-refractivity contribution in [3.05, 3.63) is 70.9 Å². The van der Waals surface area contributed by atoms with Gasteiger partial charge in [0, 0.05) is 48.2 Å². The third-order valence-corrected chi connectivity index (χ3v) is 7.04. The van der Waals surface area contributed by atoms with Gasteiger partial charge in [0.2, 0.25) is 0 Å². The number of fused-ring (bicyclic) bond motifs is 1. The second kappa shape index (κ2) is 16.9. The van der Waals surface area contributed by atoms with Crippen LogP contribution in [-0.4, -0.2) is 36.6 Å². The predicted octanol–water partition coefficient (Wildman–Crippen LogP) is 8.03. The van der Waals surface area contributed by atoms with Crippen molar-refractivity contribution in [2.24, 2.45) is 5.92 Å². The summed E-state index contributed by atoms with van der Waals surface area (Å²) >= 11 is 0. The number of rotatable bonds is 19. The molecule has 1 aromatic heterocycles. The molecule has 0 atom stereocenters. The Bertz CT molecular complexity index is 1150. The molecule has 0 radical (unpaired) electrons. The fourth-order valence-electron chi connectivity index (χ4n) is 5.09. The number of aromatic amines is 1. The van der Waals surface area contributed by atoms with E-state index >= 15 is 0 Å². The van der Waals surface area contributed by atoms with Crippen molar-refractivity contribution >= 4 is 22.7 Å². The van der Waals surface area contributed by atoms with E-state index in [2.05, 4.69) is 43.1 Å². The van der Waals surface area contributed by atoms with E-state index in [1.807, 2.05) is 31.2 Å². The van der Waals surface area contributed by atoms with Crippen LogP contribution in [0.15, 0.2) is 48.5 Å². The molecule has 0 bridgehead atoms. The van der Waals surface area contributed by atoms with Crippen LogP contribution in [0.2, 0.25) is 0 Å². The maximum Gasteiger partial charge on any atom is 0.305 e. The second-order valence-corrected chi connectivity index (χ2v) is 10.9. The number of ether oxygens (including phenoxy) is 2. The molecule has 0 unspecified atom stereocenters. The van der Waals surface area contributed by atoms with Crippen LogP contribution in [0.4, 0.5) is 0 Å². The van der Waals surface area contributed by atoms with E-state index in [-0.39, 0.29) is 11.8 Å². The smallest absolute Gasteiger partial charge is 0.305 e. The summed E-state index contributed by atoms with van der Waals surface area (Å²) in [6.45, 7) is 8.21. The Morgan fingerprint density at radius 2 is 1.51 bits per heavy atom. The van der Waals surface area contributed by atoms with Crippen LogP contribution in [0.1, 0.15) is 99.3 Å². The molecule has 0 saturated heterocycles. The van der Waals surface area contributed by atoms with Crippen LogP contribution in [-0.2, 0) is 33.5 Å². The average molecular weight is 534 g/mol. The lowest BCUT2D eigenvalue weighted by molar-refractivity contribution is -0.143. The minimum absolute atomic E-state index is 0.163. The zero-order valence-corrected chi connectivity index (χ0v) is 24.2. The van der Waals surface area contributed by atoms with E-state index in [9.17, 15) is 9.59 Å². The number of unbranched alkanes of at least 4 members (excludes halogenated alkanes) is 3. The first-order valence-electron chi connectivity index (χ1n) is 14.9. The monoisotopic (exact) mass is 533 g/mol. The quantitative estimate of drug-likeness (QED) is 0.0962. The van der Waals surface area contributed by atoms with E-state index < -0.39 is 0 Å². The topological polar surface area (TPSA) is 68.4 Å². The van der Waals surface area contributed by atoms with Crippen LogP contribution >= 0.6 is 0 Å². The Morgan fingerprint density at radius 1 is 0.795 bits per heavy atom. The number of hydrogen-bond donors (Lipinski definition) is 1. The Balaban J connectivity index is 1.31. The van der Waals surface area contributed by atoms with Crippen molar-refractivity contribution < 1.29 is 19.1 Å². The van der Waals surface area contributed by atoms with Crippen molar-refractivity contribution in [3.63, 3.8) is 0 Å². The highest BCUT2D eigenvalue weighted by molar-refractivity contribution is 6.09. The molecule has 2 aromatic carbocycles. The van der Waals surface area contributed by atoms with Crippen molar-refractivity contribution in [2.75, 3.05) is 19.8 Å². The van der Waals surface area contributed by atoms with Gasteiger partial charge in [-0.2, -0.15) is 0 Å². The van der Waals surface area contributed by atoms with Crippen LogP contribution in [0.25, 0.3) is 10.9 Å². The Kier molecular flexibility index (Phi) is 13.3. The number of esters is 1. The minimum atomic E-state index is -0.187. The van der Waals surface area contributed by atoms with Gasteiger partial charge in [0.25, 0.3) is 0 Å². The fourth-order valence-corrected chi connectivity index (χ4v) is 5.09. The number of nitrogens with one attached hydrogen (secondary N) is 1. The van der Waals surface area contributed by atoms with Crippen LogP contribution < -0.4 is 0 Å². The molecule has 0 spiro atoms. The lowest BCUT2D eigenvalue weighted by atomic mass is 9.99. The molecular formula is C34H47NO4. The molecule has 0 amide bonds. The molecule has 0 aliphatic rings. The van der Waals surface area contributed by atoms with Gasteiger partial charge >= 0.3 is 5.97 Å². The van der Waals surface area contributed by atoms with Crippen LogP contribution in [0.5, 0.6) is 0 Å². The lowest BCUT2D eigenvalue weighted by Gasteiger charge is -2.07. The maximum absolute atomic E-state index is 13.2. The standard InChI is InChI=1S/C34H47NO4/c1-4-39-33(37)18-12-16-31-34(29-14-7-8-15-30(29)35-31)32(36)17-9-11-24-38-23-10-5-6-13-27-19-21-28(22-20-27)25-26(2)3/h7-8,14-15,19-22,26,35H,4-6,9-13,16-18,23-25H2,1-3H3. The SMILES string of the molecule is CCOC(=O)CCCc1[nH]c2ccccc2c1C(=O)CCCCOCCCCCc1ccc(CC(C)C)cc1. The number of carbonyl (C=O) groups is 2. The molecule has 0 fully saturated rings. The van der Waals surface area contributed by atoms with Crippen molar-refractivity contribution in [2.45, 2.75) is 91.4 Å². The molecule has 5 nitrogen and oxygen atoms in total. The molecule has 5 heteroatoms. The van der Waals surface area contributed by atoms with Crippen LogP contribution in [0.3, 0.4) is 0 Å². The Hall–Kier alpha value is -2.92. The largest absolute Gasteiger partial charge is 0.466 e. The summed E-state index contributed by atoms with van der Waals surface area (Å²) < 4.78 is 10.9. The Morgan fingerprint density at radius 3 is 2.26 bits per heavy atom. The normalized spacial score (nSPS) is 11.4. The molecular weight excluding hydrogens is 486 g/mol. The summed E-state index contributed by atoms with van der Waals surface area (Å²) in [5.74, 6) is 0.674. The lowest BCUT2D eigenvalue weighted by Crippen LogP contribution is -2.07. The van der Waals surface area contributed by atoms with Crippen molar-refractivity contribution in [3.8, 4) is 0 Å². The number of H-pyrrole nitrogens is 1. The van der Waals surface area contributed by atoms with Gasteiger partial charge < -0.3 is 14.5 Å². The highest BCUT2D eigenvalue weighted by Gasteiger charge is 2.18. The molecule has 0 aliphatic heterocycles. The second-order valence-electron chi connectivity index (χ2n) is 10.9. The summed E-state index contributed by atoms with van der Waals surface area (Å²) in [6.07, 6.45) is 9.59. The zero-order valence-electron chi connectivity index (χ0n) is 24.2. The van der Waals surface area contributed by atoms with Crippen molar-refractivity contribution in [1.29, 1.82) is 0 Å². The summed E-state index contributed by atoms with van der Waals surface area (Å²) in [6, 6.07) is 17.0. The van der Waals surface area contributed by atoms with Gasteiger partial charge in [0.1, 0.15) is 0 Å². The molecule has 0 saturated carbocycles. The molecule has 3 aromatic rings. The highest BCUT2D eigenvalue weighted by Crippen LogP contribution is 2.26.